The number of pyridine rings is 1. The Morgan fingerprint density at radius 2 is 1.96 bits per heavy atom. The van der Waals surface area contributed by atoms with Crippen LogP contribution in [-0.4, -0.2) is 22.9 Å². The lowest BCUT2D eigenvalue weighted by atomic mass is 10.2. The van der Waals surface area contributed by atoms with Gasteiger partial charge in [-0.3, -0.25) is 4.99 Å². The zero-order valence-electron chi connectivity index (χ0n) is 13.5. The van der Waals surface area contributed by atoms with E-state index in [1.54, 1.807) is 13.3 Å². The standard InChI is InChI=1S/C19H19N3O/c1-14-11-16(13-21-17-7-6-8-18(12-17)23-3)15(2)22(14)19-9-4-5-10-20-19/h4-13H,1-3H3. The molecule has 0 radical (unpaired) electrons. The Morgan fingerprint density at radius 3 is 2.70 bits per heavy atom. The highest BCUT2D eigenvalue weighted by atomic mass is 16.5. The molecular formula is C19H19N3O. The molecule has 116 valence electrons. The molecule has 0 N–H and O–H groups in total. The molecule has 0 unspecified atom stereocenters. The highest BCUT2D eigenvalue weighted by Crippen LogP contribution is 2.21. The van der Waals surface area contributed by atoms with Gasteiger partial charge in [0.25, 0.3) is 0 Å². The molecule has 0 aliphatic rings. The molecule has 1 aromatic carbocycles. The second kappa shape index (κ2) is 6.48. The molecule has 3 rings (SSSR count). The Morgan fingerprint density at radius 1 is 1.09 bits per heavy atom. The molecule has 0 bridgehead atoms. The van der Waals surface area contributed by atoms with Gasteiger partial charge in [-0.05, 0) is 44.2 Å². The third-order valence-corrected chi connectivity index (χ3v) is 3.75. The third kappa shape index (κ3) is 3.16. The summed E-state index contributed by atoms with van der Waals surface area (Å²) in [4.78, 5) is 8.98. The second-order valence-corrected chi connectivity index (χ2v) is 5.31. The molecule has 0 atom stereocenters. The maximum Gasteiger partial charge on any atom is 0.136 e. The van der Waals surface area contributed by atoms with Crippen LogP contribution in [0.5, 0.6) is 5.75 Å². The zero-order chi connectivity index (χ0) is 16.2. The molecule has 0 aliphatic carbocycles. The van der Waals surface area contributed by atoms with Crippen molar-refractivity contribution in [3.8, 4) is 11.6 Å². The van der Waals surface area contributed by atoms with Crippen LogP contribution in [0.25, 0.3) is 5.82 Å². The third-order valence-electron chi connectivity index (χ3n) is 3.75. The minimum Gasteiger partial charge on any atom is -0.497 e. The minimum absolute atomic E-state index is 0.804. The first kappa shape index (κ1) is 15.0. The lowest BCUT2D eigenvalue weighted by Crippen LogP contribution is -2.01. The van der Waals surface area contributed by atoms with Crippen LogP contribution in [0.4, 0.5) is 5.69 Å². The number of hydrogen-bond donors (Lipinski definition) is 0. The van der Waals surface area contributed by atoms with Crippen LogP contribution in [0.15, 0.2) is 59.7 Å². The molecule has 0 fully saturated rings. The molecule has 3 aromatic rings. The van der Waals surface area contributed by atoms with Gasteiger partial charge in [-0.2, -0.15) is 0 Å². The Bertz CT molecular complexity index is 835. The summed E-state index contributed by atoms with van der Waals surface area (Å²) in [6.07, 6.45) is 3.69. The van der Waals surface area contributed by atoms with E-state index in [0.717, 1.165) is 34.2 Å². The number of benzene rings is 1. The summed E-state index contributed by atoms with van der Waals surface area (Å²) in [6, 6.07) is 15.7. The van der Waals surface area contributed by atoms with E-state index in [1.165, 1.54) is 0 Å². The van der Waals surface area contributed by atoms with Gasteiger partial charge < -0.3 is 9.30 Å². The Labute approximate surface area is 136 Å². The Kier molecular flexibility index (Phi) is 4.24. The van der Waals surface area contributed by atoms with Gasteiger partial charge in [-0.25, -0.2) is 4.98 Å². The van der Waals surface area contributed by atoms with Gasteiger partial charge in [0, 0.05) is 35.4 Å². The fourth-order valence-corrected chi connectivity index (χ4v) is 2.59. The molecule has 0 saturated heterocycles. The van der Waals surface area contributed by atoms with E-state index in [4.69, 9.17) is 4.74 Å². The fraction of sp³-hybridized carbons (Fsp3) is 0.158. The van der Waals surface area contributed by atoms with Crippen LogP contribution >= 0.6 is 0 Å². The van der Waals surface area contributed by atoms with Gasteiger partial charge in [-0.15, -0.1) is 0 Å². The van der Waals surface area contributed by atoms with Crippen LogP contribution in [0.3, 0.4) is 0 Å². The molecule has 0 saturated carbocycles. The van der Waals surface area contributed by atoms with Crippen LogP contribution in [0.2, 0.25) is 0 Å². The summed E-state index contributed by atoms with van der Waals surface area (Å²) < 4.78 is 7.36. The summed E-state index contributed by atoms with van der Waals surface area (Å²) in [5, 5.41) is 0. The lowest BCUT2D eigenvalue weighted by Gasteiger charge is -2.07. The van der Waals surface area contributed by atoms with E-state index in [0.29, 0.717) is 0 Å². The summed E-state index contributed by atoms with van der Waals surface area (Å²) in [5.74, 6) is 1.72. The van der Waals surface area contributed by atoms with Crippen molar-refractivity contribution in [3.63, 3.8) is 0 Å². The highest BCUT2D eigenvalue weighted by molar-refractivity contribution is 5.84. The number of methoxy groups -OCH3 is 1. The van der Waals surface area contributed by atoms with Gasteiger partial charge in [0.2, 0.25) is 0 Å². The normalized spacial score (nSPS) is 11.1. The summed E-state index contributed by atoms with van der Waals surface area (Å²) in [7, 11) is 1.66. The number of aliphatic imine (C=N–C) groups is 1. The van der Waals surface area contributed by atoms with E-state index >= 15 is 0 Å². The molecule has 0 spiro atoms. The Hall–Kier alpha value is -2.88. The van der Waals surface area contributed by atoms with E-state index in [1.807, 2.05) is 48.7 Å². The van der Waals surface area contributed by atoms with Crippen molar-refractivity contribution < 1.29 is 4.74 Å². The molecule has 2 heterocycles. The predicted octanol–water partition coefficient (Wildman–Crippen LogP) is 4.25. The Balaban J connectivity index is 1.94. The monoisotopic (exact) mass is 305 g/mol. The largest absolute Gasteiger partial charge is 0.497 e. The number of rotatable bonds is 4. The van der Waals surface area contributed by atoms with Gasteiger partial charge in [0.15, 0.2) is 0 Å². The number of aromatic nitrogens is 2. The van der Waals surface area contributed by atoms with Crippen LogP contribution < -0.4 is 4.74 Å². The second-order valence-electron chi connectivity index (χ2n) is 5.31. The smallest absolute Gasteiger partial charge is 0.136 e. The summed E-state index contributed by atoms with van der Waals surface area (Å²) in [5.41, 5.74) is 4.20. The van der Waals surface area contributed by atoms with E-state index in [9.17, 15) is 0 Å². The van der Waals surface area contributed by atoms with E-state index < -0.39 is 0 Å². The van der Waals surface area contributed by atoms with Crippen LogP contribution in [-0.2, 0) is 0 Å². The topological polar surface area (TPSA) is 39.4 Å². The maximum absolute atomic E-state index is 5.23. The zero-order valence-corrected chi connectivity index (χ0v) is 13.5. The number of hydrogen-bond acceptors (Lipinski definition) is 3. The molecule has 4 heteroatoms. The van der Waals surface area contributed by atoms with Crippen molar-refractivity contribution in [1.29, 1.82) is 0 Å². The molecule has 0 amide bonds. The first-order valence-electron chi connectivity index (χ1n) is 7.47. The van der Waals surface area contributed by atoms with Crippen molar-refractivity contribution in [1.82, 2.24) is 9.55 Å². The lowest BCUT2D eigenvalue weighted by molar-refractivity contribution is 0.415. The van der Waals surface area contributed by atoms with Gasteiger partial charge in [0.05, 0.1) is 12.8 Å². The van der Waals surface area contributed by atoms with E-state index in [-0.39, 0.29) is 0 Å². The number of aryl methyl sites for hydroxylation is 1. The van der Waals surface area contributed by atoms with Crippen molar-refractivity contribution in [2.24, 2.45) is 4.99 Å². The van der Waals surface area contributed by atoms with Crippen molar-refractivity contribution in [2.75, 3.05) is 7.11 Å². The van der Waals surface area contributed by atoms with Gasteiger partial charge >= 0.3 is 0 Å². The number of ether oxygens (including phenoxy) is 1. The van der Waals surface area contributed by atoms with Crippen molar-refractivity contribution in [3.05, 3.63) is 71.7 Å². The van der Waals surface area contributed by atoms with Crippen molar-refractivity contribution >= 4 is 11.9 Å². The first-order valence-corrected chi connectivity index (χ1v) is 7.47. The SMILES string of the molecule is COc1cccc(N=Cc2cc(C)n(-c3ccccn3)c2C)c1. The molecule has 2 aromatic heterocycles. The average Bonchev–Trinajstić information content (AvgIpc) is 2.88. The fourth-order valence-electron chi connectivity index (χ4n) is 2.59. The average molecular weight is 305 g/mol. The molecule has 4 nitrogen and oxygen atoms in total. The van der Waals surface area contributed by atoms with Gasteiger partial charge in [0.1, 0.15) is 11.6 Å². The van der Waals surface area contributed by atoms with Crippen LogP contribution in [0.1, 0.15) is 17.0 Å². The number of nitrogens with zero attached hydrogens (tertiary/aromatic N) is 3. The highest BCUT2D eigenvalue weighted by Gasteiger charge is 2.09. The van der Waals surface area contributed by atoms with E-state index in [2.05, 4.69) is 34.5 Å². The first-order chi connectivity index (χ1) is 11.2. The molecule has 23 heavy (non-hydrogen) atoms. The molecular weight excluding hydrogens is 286 g/mol. The van der Waals surface area contributed by atoms with Gasteiger partial charge in [-0.1, -0.05) is 12.1 Å². The van der Waals surface area contributed by atoms with Crippen LogP contribution in [0, 0.1) is 13.8 Å². The van der Waals surface area contributed by atoms with Crippen molar-refractivity contribution in [2.45, 2.75) is 13.8 Å². The predicted molar refractivity (Wildman–Crippen MR) is 93.3 cm³/mol. The molecule has 0 aliphatic heterocycles. The maximum atomic E-state index is 5.23. The minimum atomic E-state index is 0.804. The summed E-state index contributed by atoms with van der Waals surface area (Å²) in [6.45, 7) is 4.15. The summed E-state index contributed by atoms with van der Waals surface area (Å²) >= 11 is 0. The quantitative estimate of drug-likeness (QED) is 0.676.